The number of anilines is 1. The van der Waals surface area contributed by atoms with Crippen molar-refractivity contribution in [1.29, 1.82) is 0 Å². The van der Waals surface area contributed by atoms with Crippen molar-refractivity contribution in [2.45, 2.75) is 24.8 Å². The van der Waals surface area contributed by atoms with E-state index in [1.165, 1.54) is 25.3 Å². The highest BCUT2D eigenvalue weighted by Crippen LogP contribution is 2.25. The van der Waals surface area contributed by atoms with Crippen LogP contribution in [0.4, 0.5) is 5.69 Å². The van der Waals surface area contributed by atoms with Crippen molar-refractivity contribution in [2.75, 3.05) is 18.4 Å². The molecule has 8 heteroatoms. The summed E-state index contributed by atoms with van der Waals surface area (Å²) in [6, 6.07) is 10.9. The Bertz CT molecular complexity index is 900. The molecule has 0 aliphatic carbocycles. The van der Waals surface area contributed by atoms with Gasteiger partial charge in [0.25, 0.3) is 15.9 Å². The Labute approximate surface area is 158 Å². The molecule has 2 aromatic carbocycles. The Kier molecular flexibility index (Phi) is 6.63. The van der Waals surface area contributed by atoms with E-state index < -0.39 is 15.9 Å². The standard InChI is InChI=1S/C18H21ClN2O4S/c1-12-5-4-6-15(9-12)21-26(23,24)17-10-14(7-8-16(17)19)18(22)20-13(2)11-25-3/h4-10,13,21H,11H2,1-3H3,(H,20,22)/t13-/m0/s1. The zero-order chi connectivity index (χ0) is 19.3. The van der Waals surface area contributed by atoms with Crippen molar-refractivity contribution in [2.24, 2.45) is 0 Å². The number of hydrogen-bond donors (Lipinski definition) is 2. The number of carbonyl (C=O) groups excluding carboxylic acids is 1. The van der Waals surface area contributed by atoms with E-state index in [0.717, 1.165) is 5.56 Å². The maximum absolute atomic E-state index is 12.7. The summed E-state index contributed by atoms with van der Waals surface area (Å²) in [5.41, 5.74) is 1.53. The van der Waals surface area contributed by atoms with Crippen LogP contribution in [0.5, 0.6) is 0 Å². The van der Waals surface area contributed by atoms with Gasteiger partial charge in [-0.15, -0.1) is 0 Å². The normalized spacial score (nSPS) is 12.5. The van der Waals surface area contributed by atoms with Crippen molar-refractivity contribution in [3.63, 3.8) is 0 Å². The van der Waals surface area contributed by atoms with Crippen LogP contribution in [0.3, 0.4) is 0 Å². The zero-order valence-electron chi connectivity index (χ0n) is 14.7. The van der Waals surface area contributed by atoms with E-state index in [4.69, 9.17) is 16.3 Å². The van der Waals surface area contributed by atoms with E-state index in [1.54, 1.807) is 25.1 Å². The molecule has 1 atom stereocenters. The number of hydrogen-bond acceptors (Lipinski definition) is 4. The average Bonchev–Trinajstić information content (AvgIpc) is 2.54. The third-order valence-corrected chi connectivity index (χ3v) is 5.41. The number of benzene rings is 2. The van der Waals surface area contributed by atoms with Gasteiger partial charge in [-0.2, -0.15) is 0 Å². The van der Waals surface area contributed by atoms with Crippen molar-refractivity contribution < 1.29 is 17.9 Å². The van der Waals surface area contributed by atoms with Crippen LogP contribution < -0.4 is 10.0 Å². The highest BCUT2D eigenvalue weighted by Gasteiger charge is 2.21. The molecule has 0 saturated carbocycles. The van der Waals surface area contributed by atoms with E-state index in [1.807, 2.05) is 13.0 Å². The molecule has 0 spiro atoms. The number of halogens is 1. The minimum atomic E-state index is -3.94. The molecule has 0 fully saturated rings. The summed E-state index contributed by atoms with van der Waals surface area (Å²) in [4.78, 5) is 12.1. The van der Waals surface area contributed by atoms with Gasteiger partial charge in [-0.1, -0.05) is 23.7 Å². The molecule has 2 aromatic rings. The van der Waals surface area contributed by atoms with Gasteiger partial charge in [0.2, 0.25) is 0 Å². The first-order chi connectivity index (χ1) is 12.2. The third-order valence-electron chi connectivity index (χ3n) is 3.55. The third kappa shape index (κ3) is 5.20. The Morgan fingerprint density at radius 3 is 2.62 bits per heavy atom. The molecule has 0 aliphatic heterocycles. The van der Waals surface area contributed by atoms with E-state index in [9.17, 15) is 13.2 Å². The van der Waals surface area contributed by atoms with E-state index in [0.29, 0.717) is 12.3 Å². The lowest BCUT2D eigenvalue weighted by atomic mass is 10.2. The summed E-state index contributed by atoms with van der Waals surface area (Å²) >= 11 is 6.07. The van der Waals surface area contributed by atoms with Crippen LogP contribution in [0.1, 0.15) is 22.8 Å². The van der Waals surface area contributed by atoms with E-state index >= 15 is 0 Å². The van der Waals surface area contributed by atoms with Gasteiger partial charge < -0.3 is 10.1 Å². The highest BCUT2D eigenvalue weighted by molar-refractivity contribution is 7.92. The van der Waals surface area contributed by atoms with Gasteiger partial charge in [0.1, 0.15) is 4.90 Å². The lowest BCUT2D eigenvalue weighted by Gasteiger charge is -2.14. The van der Waals surface area contributed by atoms with Gasteiger partial charge in [0.05, 0.1) is 11.6 Å². The first kappa shape index (κ1) is 20.2. The fraction of sp³-hybridized carbons (Fsp3) is 0.278. The monoisotopic (exact) mass is 396 g/mol. The number of aryl methyl sites for hydroxylation is 1. The van der Waals surface area contributed by atoms with Gasteiger partial charge in [0.15, 0.2) is 0 Å². The lowest BCUT2D eigenvalue weighted by Crippen LogP contribution is -2.35. The Balaban J connectivity index is 2.29. The van der Waals surface area contributed by atoms with Gasteiger partial charge in [-0.3, -0.25) is 9.52 Å². The van der Waals surface area contributed by atoms with Gasteiger partial charge in [-0.25, -0.2) is 8.42 Å². The molecule has 2 N–H and O–H groups in total. The molecule has 0 saturated heterocycles. The minimum Gasteiger partial charge on any atom is -0.383 e. The number of rotatable bonds is 7. The topological polar surface area (TPSA) is 84.5 Å². The largest absolute Gasteiger partial charge is 0.383 e. The zero-order valence-corrected chi connectivity index (χ0v) is 16.3. The Morgan fingerprint density at radius 1 is 1.23 bits per heavy atom. The number of ether oxygens (including phenoxy) is 1. The predicted octanol–water partition coefficient (Wildman–Crippen LogP) is 3.21. The van der Waals surface area contributed by atoms with E-state index in [-0.39, 0.29) is 21.5 Å². The SMILES string of the molecule is COC[C@H](C)NC(=O)c1ccc(Cl)c(S(=O)(=O)Nc2cccc(C)c2)c1. The van der Waals surface area contributed by atoms with Crippen LogP contribution in [0, 0.1) is 6.92 Å². The van der Waals surface area contributed by atoms with Gasteiger partial charge in [0, 0.05) is 24.4 Å². The number of amides is 1. The first-order valence-corrected chi connectivity index (χ1v) is 9.78. The fourth-order valence-electron chi connectivity index (χ4n) is 2.37. The molecule has 6 nitrogen and oxygen atoms in total. The summed E-state index contributed by atoms with van der Waals surface area (Å²) in [6.45, 7) is 3.99. The van der Waals surface area contributed by atoms with Crippen molar-refractivity contribution in [1.82, 2.24) is 5.32 Å². The number of nitrogens with one attached hydrogen (secondary N) is 2. The quantitative estimate of drug-likeness (QED) is 0.752. The molecule has 0 aliphatic rings. The average molecular weight is 397 g/mol. The summed E-state index contributed by atoms with van der Waals surface area (Å²) in [5.74, 6) is -0.404. The highest BCUT2D eigenvalue weighted by atomic mass is 35.5. The number of sulfonamides is 1. The van der Waals surface area contributed by atoms with Crippen molar-refractivity contribution >= 4 is 33.2 Å². The summed E-state index contributed by atoms with van der Waals surface area (Å²) < 4.78 is 32.8. The summed E-state index contributed by atoms with van der Waals surface area (Å²) in [5, 5.41) is 2.76. The predicted molar refractivity (Wildman–Crippen MR) is 102 cm³/mol. The van der Waals surface area contributed by atoms with Crippen LogP contribution in [0.15, 0.2) is 47.4 Å². The van der Waals surface area contributed by atoms with Gasteiger partial charge in [-0.05, 0) is 49.7 Å². The van der Waals surface area contributed by atoms with Crippen LogP contribution in [0.25, 0.3) is 0 Å². The molecule has 0 aromatic heterocycles. The molecule has 1 amide bonds. The minimum absolute atomic E-state index is 0.0339. The van der Waals surface area contributed by atoms with Crippen LogP contribution in [-0.2, 0) is 14.8 Å². The Hall–Kier alpha value is -2.09. The van der Waals surface area contributed by atoms with Crippen molar-refractivity contribution in [3.05, 3.63) is 58.6 Å². The molecule has 0 heterocycles. The maximum atomic E-state index is 12.7. The number of methoxy groups -OCH3 is 1. The smallest absolute Gasteiger partial charge is 0.263 e. The molecule has 0 bridgehead atoms. The van der Waals surface area contributed by atoms with Crippen molar-refractivity contribution in [3.8, 4) is 0 Å². The summed E-state index contributed by atoms with van der Waals surface area (Å²) in [7, 11) is -2.41. The molecule has 0 unspecified atom stereocenters. The van der Waals surface area contributed by atoms with Crippen LogP contribution in [-0.4, -0.2) is 34.1 Å². The molecule has 140 valence electrons. The second-order valence-electron chi connectivity index (χ2n) is 5.95. The van der Waals surface area contributed by atoms with E-state index in [2.05, 4.69) is 10.0 Å². The van der Waals surface area contributed by atoms with Crippen LogP contribution >= 0.6 is 11.6 Å². The molecular formula is C18H21ClN2O4S. The lowest BCUT2D eigenvalue weighted by molar-refractivity contribution is 0.0905. The Morgan fingerprint density at radius 2 is 1.96 bits per heavy atom. The first-order valence-electron chi connectivity index (χ1n) is 7.92. The molecule has 0 radical (unpaired) electrons. The maximum Gasteiger partial charge on any atom is 0.263 e. The van der Waals surface area contributed by atoms with Gasteiger partial charge >= 0.3 is 0 Å². The fourth-order valence-corrected chi connectivity index (χ4v) is 3.94. The molecular weight excluding hydrogens is 376 g/mol. The molecule has 2 rings (SSSR count). The second kappa shape index (κ2) is 8.53. The second-order valence-corrected chi connectivity index (χ2v) is 8.01. The molecule has 26 heavy (non-hydrogen) atoms. The summed E-state index contributed by atoms with van der Waals surface area (Å²) in [6.07, 6.45) is 0. The number of carbonyl (C=O) groups is 1. The van der Waals surface area contributed by atoms with Crippen LogP contribution in [0.2, 0.25) is 5.02 Å².